The Hall–Kier alpha value is -3.01. The predicted octanol–water partition coefficient (Wildman–Crippen LogP) is 5.47. The highest BCUT2D eigenvalue weighted by atomic mass is 32.2. The molecule has 1 aliphatic heterocycles. The third-order valence-corrected chi connectivity index (χ3v) is 8.05. The molecule has 0 fully saturated rings. The fourth-order valence-electron chi connectivity index (χ4n) is 3.94. The van der Waals surface area contributed by atoms with Gasteiger partial charge in [0.05, 0.1) is 44.0 Å². The third kappa shape index (κ3) is 4.57. The Kier molecular flexibility index (Phi) is 6.38. The molecule has 0 aliphatic carbocycles. The molecule has 0 saturated heterocycles. The molecule has 4 rings (SSSR count). The highest BCUT2D eigenvalue weighted by Gasteiger charge is 2.22. The number of fused-ring (bicyclic) bond motifs is 1. The topological polar surface area (TPSA) is 80.1 Å². The number of allylic oxidation sites excluding steroid dienone is 1. The van der Waals surface area contributed by atoms with Crippen LogP contribution >= 0.6 is 0 Å². The maximum Gasteiger partial charge on any atom is 0.266 e. The maximum absolute atomic E-state index is 14.7. The smallest absolute Gasteiger partial charge is 0.266 e. The normalized spacial score (nSPS) is 19.4. The second-order valence-electron chi connectivity index (χ2n) is 7.93. The number of benzene rings is 1. The number of rotatable bonds is 5. The summed E-state index contributed by atoms with van der Waals surface area (Å²) in [6.45, 7) is 3.52. The van der Waals surface area contributed by atoms with E-state index in [0.717, 1.165) is 17.3 Å². The fourth-order valence-corrected chi connectivity index (χ4v) is 5.44. The van der Waals surface area contributed by atoms with Crippen LogP contribution in [0.2, 0.25) is 0 Å². The molecule has 0 spiro atoms. The molecular weight excluding hydrogens is 451 g/mol. The first-order chi connectivity index (χ1) is 15.7. The second-order valence-corrected chi connectivity index (χ2v) is 10.6. The van der Waals surface area contributed by atoms with Gasteiger partial charge in [-0.3, -0.25) is 4.98 Å². The lowest BCUT2D eigenvalue weighted by molar-refractivity contribution is 0.146. The summed E-state index contributed by atoms with van der Waals surface area (Å²) in [6, 6.07) is 5.20. The van der Waals surface area contributed by atoms with Gasteiger partial charge >= 0.3 is 0 Å². The average molecular weight is 476 g/mol. The molecule has 2 aromatic heterocycles. The molecule has 1 unspecified atom stereocenters. The maximum atomic E-state index is 14.7. The zero-order chi connectivity index (χ0) is 23.8. The Bertz CT molecular complexity index is 1370. The molecular formula is C23H24F3N5OS. The van der Waals surface area contributed by atoms with Crippen LogP contribution in [0.1, 0.15) is 48.3 Å². The van der Waals surface area contributed by atoms with E-state index >= 15 is 0 Å². The number of anilines is 1. The molecule has 174 valence electrons. The van der Waals surface area contributed by atoms with E-state index in [1.807, 2.05) is 19.1 Å². The van der Waals surface area contributed by atoms with Crippen molar-refractivity contribution in [2.75, 3.05) is 23.9 Å². The molecule has 0 amide bonds. The minimum Gasteiger partial charge on any atom is -0.363 e. The molecule has 0 saturated carbocycles. The molecule has 0 radical (unpaired) electrons. The number of pyridine rings is 1. The highest BCUT2D eigenvalue weighted by molar-refractivity contribution is 7.93. The van der Waals surface area contributed by atoms with E-state index in [1.165, 1.54) is 18.5 Å². The number of nitrogens with zero attached hydrogens (tertiary/aromatic N) is 4. The average Bonchev–Trinajstić information content (AvgIpc) is 2.80. The molecule has 1 aromatic carbocycles. The van der Waals surface area contributed by atoms with E-state index in [4.69, 9.17) is 0 Å². The number of nitrogens with one attached hydrogen (secondary N) is 1. The summed E-state index contributed by atoms with van der Waals surface area (Å²) in [5, 5.41) is 3.83. The van der Waals surface area contributed by atoms with Gasteiger partial charge in [0.2, 0.25) is 0 Å². The van der Waals surface area contributed by atoms with Crippen LogP contribution in [0.5, 0.6) is 0 Å². The standard InChI is InChI=1S/C23H24F3N5OS/c1-13(16-5-4-6-17(20(16)24)22(25)26)31-23-18-11-19(30-14(2)21(18)28-12-29-23)15-7-9-33(32,27-3)10-8-15/h4-7,11-13,22H,8-10H2,1-3H3,(H,28,29,31)/t13-,33?/m1/s1. The van der Waals surface area contributed by atoms with Gasteiger partial charge in [0.1, 0.15) is 18.0 Å². The first-order valence-corrected chi connectivity index (χ1v) is 12.3. The summed E-state index contributed by atoms with van der Waals surface area (Å²) in [5.41, 5.74) is 2.53. The molecule has 0 bridgehead atoms. The summed E-state index contributed by atoms with van der Waals surface area (Å²) >= 11 is 0. The van der Waals surface area contributed by atoms with E-state index in [-0.39, 0.29) is 5.56 Å². The molecule has 10 heteroatoms. The number of aromatic nitrogens is 3. The van der Waals surface area contributed by atoms with Gasteiger partial charge in [0, 0.05) is 23.8 Å². The van der Waals surface area contributed by atoms with E-state index in [2.05, 4.69) is 24.6 Å². The molecule has 33 heavy (non-hydrogen) atoms. The van der Waals surface area contributed by atoms with Crippen molar-refractivity contribution in [3.05, 3.63) is 65.0 Å². The van der Waals surface area contributed by atoms with Gasteiger partial charge in [-0.1, -0.05) is 24.3 Å². The van der Waals surface area contributed by atoms with E-state index in [1.54, 1.807) is 14.0 Å². The van der Waals surface area contributed by atoms with Crippen LogP contribution in [0.25, 0.3) is 16.5 Å². The van der Waals surface area contributed by atoms with Crippen LogP contribution in [0.4, 0.5) is 19.0 Å². The molecule has 1 aliphatic rings. The quantitative estimate of drug-likeness (QED) is 0.530. The zero-order valence-electron chi connectivity index (χ0n) is 18.5. The van der Waals surface area contributed by atoms with Crippen molar-refractivity contribution >= 4 is 32.0 Å². The fraction of sp³-hybridized carbons (Fsp3) is 0.348. The highest BCUT2D eigenvalue weighted by Crippen LogP contribution is 2.32. The second kappa shape index (κ2) is 9.09. The Morgan fingerprint density at radius 3 is 2.64 bits per heavy atom. The van der Waals surface area contributed by atoms with Crippen molar-refractivity contribution in [3.63, 3.8) is 0 Å². The Morgan fingerprint density at radius 1 is 1.21 bits per heavy atom. The van der Waals surface area contributed by atoms with Crippen LogP contribution in [-0.4, -0.2) is 37.7 Å². The number of hydrogen-bond acceptors (Lipinski definition) is 6. The summed E-state index contributed by atoms with van der Waals surface area (Å²) < 4.78 is 57.4. The summed E-state index contributed by atoms with van der Waals surface area (Å²) in [6.07, 6.45) is 0.992. The van der Waals surface area contributed by atoms with Crippen molar-refractivity contribution in [2.24, 2.45) is 4.36 Å². The van der Waals surface area contributed by atoms with Gasteiger partial charge < -0.3 is 5.32 Å². The first kappa shape index (κ1) is 23.2. The number of hydrogen-bond donors (Lipinski definition) is 1. The first-order valence-electron chi connectivity index (χ1n) is 10.5. The minimum atomic E-state index is -2.90. The number of aryl methyl sites for hydroxylation is 1. The van der Waals surface area contributed by atoms with Crippen molar-refractivity contribution in [2.45, 2.75) is 32.7 Å². The summed E-state index contributed by atoms with van der Waals surface area (Å²) in [7, 11) is -0.616. The van der Waals surface area contributed by atoms with Gasteiger partial charge in [0.25, 0.3) is 6.43 Å². The molecule has 1 N–H and O–H groups in total. The van der Waals surface area contributed by atoms with Crippen LogP contribution < -0.4 is 5.32 Å². The number of alkyl halides is 2. The van der Waals surface area contributed by atoms with Gasteiger partial charge in [-0.15, -0.1) is 0 Å². The number of halogens is 3. The monoisotopic (exact) mass is 475 g/mol. The Morgan fingerprint density at radius 2 is 1.97 bits per heavy atom. The van der Waals surface area contributed by atoms with Crippen molar-refractivity contribution in [3.8, 4) is 0 Å². The SMILES string of the molecule is CN=S1(=O)CC=C(c2cc3c(N[C@H](C)c4cccc(C(F)F)c4F)ncnc3c(C)n2)CC1. The Balaban J connectivity index is 1.72. The zero-order valence-corrected chi connectivity index (χ0v) is 19.3. The lowest BCUT2D eigenvalue weighted by Gasteiger charge is -2.20. The van der Waals surface area contributed by atoms with Crippen LogP contribution in [0, 0.1) is 12.7 Å². The summed E-state index contributed by atoms with van der Waals surface area (Å²) in [4.78, 5) is 13.3. The van der Waals surface area contributed by atoms with E-state index in [9.17, 15) is 17.4 Å². The van der Waals surface area contributed by atoms with Crippen molar-refractivity contribution in [1.82, 2.24) is 15.0 Å². The van der Waals surface area contributed by atoms with Crippen molar-refractivity contribution < 1.29 is 17.4 Å². The van der Waals surface area contributed by atoms with Gasteiger partial charge in [-0.2, -0.15) is 0 Å². The van der Waals surface area contributed by atoms with Crippen LogP contribution in [-0.2, 0) is 9.73 Å². The molecule has 2 atom stereocenters. The van der Waals surface area contributed by atoms with Gasteiger partial charge in [0.15, 0.2) is 0 Å². The van der Waals surface area contributed by atoms with Gasteiger partial charge in [-0.25, -0.2) is 31.7 Å². The minimum absolute atomic E-state index is 0.124. The predicted molar refractivity (Wildman–Crippen MR) is 124 cm³/mol. The molecule has 6 nitrogen and oxygen atoms in total. The van der Waals surface area contributed by atoms with Crippen molar-refractivity contribution in [1.29, 1.82) is 0 Å². The largest absolute Gasteiger partial charge is 0.363 e. The third-order valence-electron chi connectivity index (χ3n) is 5.85. The van der Waals surface area contributed by atoms with Crippen LogP contribution in [0.3, 0.4) is 0 Å². The lowest BCUT2D eigenvalue weighted by Crippen LogP contribution is -2.15. The van der Waals surface area contributed by atoms with Gasteiger partial charge in [-0.05, 0) is 31.9 Å². The lowest BCUT2D eigenvalue weighted by atomic mass is 10.0. The van der Waals surface area contributed by atoms with E-state index < -0.39 is 33.6 Å². The van der Waals surface area contributed by atoms with Crippen LogP contribution in [0.15, 0.2) is 41.0 Å². The Labute approximate surface area is 190 Å². The summed E-state index contributed by atoms with van der Waals surface area (Å²) in [5.74, 6) is 0.373. The molecule has 3 aromatic rings. The molecule has 3 heterocycles. The van der Waals surface area contributed by atoms with E-state index in [0.29, 0.717) is 40.3 Å².